The normalized spacial score (nSPS) is 12.0. The van der Waals surface area contributed by atoms with Crippen LogP contribution in [0.25, 0.3) is 0 Å². The monoisotopic (exact) mass is 331 g/mol. The second-order valence-electron chi connectivity index (χ2n) is 4.57. The van der Waals surface area contributed by atoms with Crippen molar-refractivity contribution in [1.29, 1.82) is 0 Å². The van der Waals surface area contributed by atoms with Gasteiger partial charge in [0.05, 0.1) is 0 Å². The van der Waals surface area contributed by atoms with Crippen LogP contribution in [0, 0.1) is 11.8 Å². The standard InChI is InChI=1S/C13H17NO5S2/c1-14(21(18,19)11-20(2,16)17)10-13-6-3-5-12(9-13)7-4-8-15/h3,5-6,9,15H,8,10-11H2,1-2H3. The van der Waals surface area contributed by atoms with Gasteiger partial charge in [-0.15, -0.1) is 0 Å². The first-order valence-corrected chi connectivity index (χ1v) is 9.61. The molecular formula is C13H17NO5S2. The second-order valence-corrected chi connectivity index (χ2v) is 9.15. The lowest BCUT2D eigenvalue weighted by Gasteiger charge is -2.16. The van der Waals surface area contributed by atoms with Gasteiger partial charge in [0.1, 0.15) is 6.61 Å². The van der Waals surface area contributed by atoms with Crippen molar-refractivity contribution in [2.75, 3.05) is 25.0 Å². The van der Waals surface area contributed by atoms with Gasteiger partial charge in [-0.05, 0) is 17.7 Å². The third-order valence-corrected chi connectivity index (χ3v) is 6.46. The van der Waals surface area contributed by atoms with Gasteiger partial charge in [-0.1, -0.05) is 24.0 Å². The van der Waals surface area contributed by atoms with E-state index in [9.17, 15) is 16.8 Å². The minimum atomic E-state index is -3.88. The second kappa shape index (κ2) is 7.04. The van der Waals surface area contributed by atoms with E-state index in [2.05, 4.69) is 11.8 Å². The van der Waals surface area contributed by atoms with E-state index >= 15 is 0 Å². The Bertz CT molecular complexity index is 757. The number of aliphatic hydroxyl groups excluding tert-OH is 1. The quantitative estimate of drug-likeness (QED) is 0.754. The van der Waals surface area contributed by atoms with Gasteiger partial charge >= 0.3 is 0 Å². The van der Waals surface area contributed by atoms with Crippen LogP contribution in [0.2, 0.25) is 0 Å². The van der Waals surface area contributed by atoms with Crippen molar-refractivity contribution in [3.63, 3.8) is 0 Å². The van der Waals surface area contributed by atoms with Gasteiger partial charge in [-0.2, -0.15) is 4.31 Å². The number of rotatable bonds is 5. The molecule has 0 atom stereocenters. The van der Waals surface area contributed by atoms with Crippen molar-refractivity contribution < 1.29 is 21.9 Å². The molecule has 0 radical (unpaired) electrons. The third-order valence-electron chi connectivity index (χ3n) is 2.48. The predicted octanol–water partition coefficient (Wildman–Crippen LogP) is -0.206. The van der Waals surface area contributed by atoms with E-state index in [4.69, 9.17) is 5.11 Å². The molecule has 0 amide bonds. The molecule has 1 aromatic carbocycles. The molecular weight excluding hydrogens is 314 g/mol. The maximum absolute atomic E-state index is 11.9. The average molecular weight is 331 g/mol. The minimum absolute atomic E-state index is 0.0481. The molecule has 116 valence electrons. The Morgan fingerprint density at radius 1 is 1.24 bits per heavy atom. The van der Waals surface area contributed by atoms with Crippen molar-refractivity contribution in [2.45, 2.75) is 6.54 Å². The Kier molecular flexibility index (Phi) is 5.92. The fourth-order valence-corrected chi connectivity index (χ4v) is 4.83. The van der Waals surface area contributed by atoms with E-state index in [-0.39, 0.29) is 13.2 Å². The van der Waals surface area contributed by atoms with Gasteiger partial charge in [-0.3, -0.25) is 0 Å². The SMILES string of the molecule is CN(Cc1cccc(C#CCO)c1)S(=O)(=O)CS(C)(=O)=O. The summed E-state index contributed by atoms with van der Waals surface area (Å²) in [6.07, 6.45) is 0.878. The molecule has 0 saturated carbocycles. The van der Waals surface area contributed by atoms with Crippen LogP contribution in [0.5, 0.6) is 0 Å². The summed E-state index contributed by atoms with van der Waals surface area (Å²) in [7, 11) is -6.17. The topological polar surface area (TPSA) is 91.8 Å². The van der Waals surface area contributed by atoms with E-state index in [1.807, 2.05) is 0 Å². The summed E-state index contributed by atoms with van der Waals surface area (Å²) in [5, 5.41) is 7.72. The lowest BCUT2D eigenvalue weighted by Crippen LogP contribution is -2.31. The van der Waals surface area contributed by atoms with Crippen LogP contribution in [-0.2, 0) is 26.4 Å². The summed E-state index contributed by atoms with van der Waals surface area (Å²) >= 11 is 0. The molecule has 0 heterocycles. The summed E-state index contributed by atoms with van der Waals surface area (Å²) in [6.45, 7) is -0.209. The fraction of sp³-hybridized carbons (Fsp3) is 0.385. The summed E-state index contributed by atoms with van der Waals surface area (Å²) < 4.78 is 47.0. The molecule has 1 aromatic rings. The zero-order chi connectivity index (χ0) is 16.1. The maximum Gasteiger partial charge on any atom is 0.228 e. The van der Waals surface area contributed by atoms with E-state index in [1.54, 1.807) is 24.3 Å². The zero-order valence-electron chi connectivity index (χ0n) is 11.8. The molecule has 6 nitrogen and oxygen atoms in total. The van der Waals surface area contributed by atoms with Gasteiger partial charge < -0.3 is 5.11 Å². The highest BCUT2D eigenvalue weighted by molar-refractivity contribution is 8.06. The molecule has 0 aromatic heterocycles. The van der Waals surface area contributed by atoms with Crippen molar-refractivity contribution in [3.8, 4) is 11.8 Å². The smallest absolute Gasteiger partial charge is 0.228 e. The van der Waals surface area contributed by atoms with Crippen LogP contribution in [0.1, 0.15) is 11.1 Å². The van der Waals surface area contributed by atoms with Crippen molar-refractivity contribution in [2.24, 2.45) is 0 Å². The Hall–Kier alpha value is -1.40. The van der Waals surface area contributed by atoms with E-state index < -0.39 is 24.9 Å². The van der Waals surface area contributed by atoms with Crippen LogP contribution in [-0.4, -0.2) is 51.2 Å². The van der Waals surface area contributed by atoms with Crippen molar-refractivity contribution >= 4 is 19.9 Å². The molecule has 21 heavy (non-hydrogen) atoms. The first-order chi connectivity index (χ1) is 9.64. The van der Waals surface area contributed by atoms with Crippen molar-refractivity contribution in [1.82, 2.24) is 4.31 Å². The lowest BCUT2D eigenvalue weighted by molar-refractivity contribution is 0.350. The highest BCUT2D eigenvalue weighted by Gasteiger charge is 2.23. The average Bonchev–Trinajstić information content (AvgIpc) is 2.34. The Morgan fingerprint density at radius 2 is 1.90 bits per heavy atom. The highest BCUT2D eigenvalue weighted by Crippen LogP contribution is 2.11. The lowest BCUT2D eigenvalue weighted by atomic mass is 10.1. The molecule has 0 spiro atoms. The Balaban J connectivity index is 2.91. The zero-order valence-corrected chi connectivity index (χ0v) is 13.4. The van der Waals surface area contributed by atoms with Crippen LogP contribution in [0.15, 0.2) is 24.3 Å². The fourth-order valence-electron chi connectivity index (χ4n) is 1.60. The van der Waals surface area contributed by atoms with Crippen molar-refractivity contribution in [3.05, 3.63) is 35.4 Å². The third kappa shape index (κ3) is 6.27. The van der Waals surface area contributed by atoms with Gasteiger partial charge in [0.15, 0.2) is 14.9 Å². The van der Waals surface area contributed by atoms with Gasteiger partial charge in [0, 0.05) is 25.4 Å². The molecule has 1 N–H and O–H groups in total. The first-order valence-electron chi connectivity index (χ1n) is 5.94. The number of hydrogen-bond acceptors (Lipinski definition) is 5. The largest absolute Gasteiger partial charge is 0.384 e. The molecule has 0 unspecified atom stereocenters. The molecule has 1 rings (SSSR count). The molecule has 0 aliphatic carbocycles. The number of aliphatic hydroxyl groups is 1. The summed E-state index contributed by atoms with van der Waals surface area (Å²) in [5.41, 5.74) is 1.33. The van der Waals surface area contributed by atoms with Gasteiger partial charge in [-0.25, -0.2) is 16.8 Å². The number of nitrogens with zero attached hydrogens (tertiary/aromatic N) is 1. The first kappa shape index (κ1) is 17.7. The highest BCUT2D eigenvalue weighted by atomic mass is 32.3. The number of sulfonamides is 1. The minimum Gasteiger partial charge on any atom is -0.384 e. The Labute approximate surface area is 125 Å². The van der Waals surface area contributed by atoms with Gasteiger partial charge in [0.2, 0.25) is 10.0 Å². The Morgan fingerprint density at radius 3 is 2.48 bits per heavy atom. The van der Waals surface area contributed by atoms with E-state index in [1.165, 1.54) is 7.05 Å². The number of sulfone groups is 1. The summed E-state index contributed by atoms with van der Waals surface area (Å²) in [4.78, 5) is 0. The maximum atomic E-state index is 11.9. The summed E-state index contributed by atoms with van der Waals surface area (Å²) in [5.74, 6) is 5.22. The van der Waals surface area contributed by atoms with Crippen LogP contribution >= 0.6 is 0 Å². The molecule has 0 saturated heterocycles. The van der Waals surface area contributed by atoms with Crippen LogP contribution in [0.3, 0.4) is 0 Å². The van der Waals surface area contributed by atoms with Crippen LogP contribution < -0.4 is 0 Å². The molecule has 0 aliphatic rings. The molecule has 0 aliphatic heterocycles. The molecule has 0 fully saturated rings. The molecule has 0 bridgehead atoms. The van der Waals surface area contributed by atoms with E-state index in [0.717, 1.165) is 10.6 Å². The number of benzene rings is 1. The van der Waals surface area contributed by atoms with Crippen LogP contribution in [0.4, 0.5) is 0 Å². The predicted molar refractivity (Wildman–Crippen MR) is 80.5 cm³/mol. The van der Waals surface area contributed by atoms with E-state index in [0.29, 0.717) is 11.1 Å². The number of hydrogen-bond donors (Lipinski definition) is 1. The molecule has 8 heteroatoms. The summed E-state index contributed by atoms with van der Waals surface area (Å²) in [6, 6.07) is 6.86. The van der Waals surface area contributed by atoms with Gasteiger partial charge in [0.25, 0.3) is 0 Å².